The first-order valence-electron chi connectivity index (χ1n) is 4.60. The summed E-state index contributed by atoms with van der Waals surface area (Å²) in [6, 6.07) is 0. The maximum absolute atomic E-state index is 10.7. The molecule has 3 nitrogen and oxygen atoms in total. The molecule has 0 N–H and O–H groups in total. The Morgan fingerprint density at radius 1 is 1.31 bits per heavy atom. The Bertz CT molecular complexity index is 143. The van der Waals surface area contributed by atoms with Gasteiger partial charge in [-0.25, -0.2) is 0 Å². The first kappa shape index (κ1) is 12.0. The second-order valence-corrected chi connectivity index (χ2v) is 2.78. The lowest BCUT2D eigenvalue weighted by molar-refractivity contribution is -0.140. The van der Waals surface area contributed by atoms with Crippen molar-refractivity contribution >= 4 is 5.97 Å². The van der Waals surface area contributed by atoms with Crippen molar-refractivity contribution in [1.29, 1.82) is 0 Å². The van der Waals surface area contributed by atoms with Crippen LogP contribution in [0.2, 0.25) is 0 Å². The van der Waals surface area contributed by atoms with Gasteiger partial charge in [-0.05, 0) is 12.8 Å². The number of hydrogen-bond donors (Lipinski definition) is 0. The standard InChI is InChI=1S/C10H18O3/c1-3-13-9-7-5-4-6-8-10(11)12-2/h3H,1,4-9H2,2H3. The number of ether oxygens (including phenoxy) is 2. The Morgan fingerprint density at radius 3 is 2.62 bits per heavy atom. The van der Waals surface area contributed by atoms with Gasteiger partial charge in [0.05, 0.1) is 20.0 Å². The molecule has 0 aromatic rings. The molecule has 0 atom stereocenters. The molecule has 13 heavy (non-hydrogen) atoms. The van der Waals surface area contributed by atoms with Crippen molar-refractivity contribution in [3.8, 4) is 0 Å². The fraction of sp³-hybridized carbons (Fsp3) is 0.700. The van der Waals surface area contributed by atoms with Crippen LogP contribution in [0.4, 0.5) is 0 Å². The molecule has 0 unspecified atom stereocenters. The summed E-state index contributed by atoms with van der Waals surface area (Å²) in [6.45, 7) is 4.17. The molecule has 0 saturated heterocycles. The smallest absolute Gasteiger partial charge is 0.305 e. The summed E-state index contributed by atoms with van der Waals surface area (Å²) in [4.78, 5) is 10.7. The molecule has 0 saturated carbocycles. The average Bonchev–Trinajstić information content (AvgIpc) is 2.16. The number of rotatable bonds is 8. The van der Waals surface area contributed by atoms with Crippen molar-refractivity contribution in [3.05, 3.63) is 12.8 Å². The van der Waals surface area contributed by atoms with Gasteiger partial charge in [-0.2, -0.15) is 0 Å². The molecule has 0 fully saturated rings. The van der Waals surface area contributed by atoms with Crippen molar-refractivity contribution in [2.24, 2.45) is 0 Å². The number of hydrogen-bond acceptors (Lipinski definition) is 3. The second-order valence-electron chi connectivity index (χ2n) is 2.78. The Kier molecular flexibility index (Phi) is 8.41. The number of carbonyl (C=O) groups excluding carboxylic acids is 1. The number of methoxy groups -OCH3 is 1. The largest absolute Gasteiger partial charge is 0.502 e. The average molecular weight is 186 g/mol. The zero-order valence-corrected chi connectivity index (χ0v) is 8.25. The van der Waals surface area contributed by atoms with Crippen LogP contribution < -0.4 is 0 Å². The molecule has 0 aromatic carbocycles. The van der Waals surface area contributed by atoms with E-state index < -0.39 is 0 Å². The van der Waals surface area contributed by atoms with E-state index in [2.05, 4.69) is 11.3 Å². The van der Waals surface area contributed by atoms with E-state index in [1.807, 2.05) is 0 Å². The van der Waals surface area contributed by atoms with Crippen LogP contribution in [-0.2, 0) is 14.3 Å². The summed E-state index contributed by atoms with van der Waals surface area (Å²) in [5, 5.41) is 0. The fourth-order valence-electron chi connectivity index (χ4n) is 0.994. The molecule has 0 heterocycles. The van der Waals surface area contributed by atoms with Gasteiger partial charge in [0.25, 0.3) is 0 Å². The minimum Gasteiger partial charge on any atom is -0.502 e. The Balaban J connectivity index is 2.99. The van der Waals surface area contributed by atoms with E-state index in [-0.39, 0.29) is 5.97 Å². The molecule has 0 rings (SSSR count). The third kappa shape index (κ3) is 8.92. The SMILES string of the molecule is C=COCCCCCCC(=O)OC. The van der Waals surface area contributed by atoms with E-state index in [0.717, 1.165) is 32.3 Å². The topological polar surface area (TPSA) is 35.5 Å². The van der Waals surface area contributed by atoms with Crippen LogP contribution in [0.5, 0.6) is 0 Å². The van der Waals surface area contributed by atoms with Crippen LogP contribution in [0.3, 0.4) is 0 Å². The van der Waals surface area contributed by atoms with Gasteiger partial charge in [-0.3, -0.25) is 4.79 Å². The van der Waals surface area contributed by atoms with Gasteiger partial charge in [0.2, 0.25) is 0 Å². The third-order valence-electron chi connectivity index (χ3n) is 1.74. The van der Waals surface area contributed by atoms with Gasteiger partial charge in [-0.1, -0.05) is 19.4 Å². The molecular weight excluding hydrogens is 168 g/mol. The number of carbonyl (C=O) groups is 1. The van der Waals surface area contributed by atoms with Crippen LogP contribution >= 0.6 is 0 Å². The lowest BCUT2D eigenvalue weighted by atomic mass is 10.1. The van der Waals surface area contributed by atoms with Crippen molar-refractivity contribution in [1.82, 2.24) is 0 Å². The minimum absolute atomic E-state index is 0.123. The number of esters is 1. The lowest BCUT2D eigenvalue weighted by Crippen LogP contribution is -1.99. The Hall–Kier alpha value is -0.990. The van der Waals surface area contributed by atoms with Gasteiger partial charge in [-0.15, -0.1) is 0 Å². The lowest BCUT2D eigenvalue weighted by Gasteiger charge is -2.00. The van der Waals surface area contributed by atoms with Crippen molar-refractivity contribution in [2.75, 3.05) is 13.7 Å². The molecule has 0 aromatic heterocycles. The normalized spacial score (nSPS) is 9.31. The van der Waals surface area contributed by atoms with E-state index in [4.69, 9.17) is 4.74 Å². The maximum atomic E-state index is 10.7. The highest BCUT2D eigenvalue weighted by atomic mass is 16.5. The first-order chi connectivity index (χ1) is 6.31. The Labute approximate surface area is 79.7 Å². The van der Waals surface area contributed by atoms with Crippen LogP contribution in [0.25, 0.3) is 0 Å². The molecule has 0 aliphatic heterocycles. The Morgan fingerprint density at radius 2 is 2.00 bits per heavy atom. The van der Waals surface area contributed by atoms with Gasteiger partial charge in [0, 0.05) is 6.42 Å². The summed E-state index contributed by atoms with van der Waals surface area (Å²) >= 11 is 0. The van der Waals surface area contributed by atoms with Gasteiger partial charge >= 0.3 is 5.97 Å². The molecule has 0 amide bonds. The van der Waals surface area contributed by atoms with E-state index >= 15 is 0 Å². The van der Waals surface area contributed by atoms with Crippen molar-refractivity contribution < 1.29 is 14.3 Å². The molecule has 0 spiro atoms. The highest BCUT2D eigenvalue weighted by molar-refractivity contribution is 5.68. The van der Waals surface area contributed by atoms with Crippen LogP contribution in [0, 0.1) is 0 Å². The van der Waals surface area contributed by atoms with Crippen molar-refractivity contribution in [2.45, 2.75) is 32.1 Å². The molecule has 3 heteroatoms. The zero-order valence-electron chi connectivity index (χ0n) is 8.25. The summed E-state index contributed by atoms with van der Waals surface area (Å²) in [5.74, 6) is -0.123. The van der Waals surface area contributed by atoms with E-state index in [0.29, 0.717) is 6.42 Å². The fourth-order valence-corrected chi connectivity index (χ4v) is 0.994. The van der Waals surface area contributed by atoms with Crippen LogP contribution in [0.15, 0.2) is 12.8 Å². The molecule has 0 aliphatic carbocycles. The highest BCUT2D eigenvalue weighted by Gasteiger charge is 1.98. The molecular formula is C10H18O3. The predicted molar refractivity (Wildman–Crippen MR) is 51.3 cm³/mol. The molecule has 0 radical (unpaired) electrons. The van der Waals surface area contributed by atoms with Crippen LogP contribution in [0.1, 0.15) is 32.1 Å². The predicted octanol–water partition coefficient (Wildman–Crippen LogP) is 2.27. The third-order valence-corrected chi connectivity index (χ3v) is 1.74. The summed E-state index contributed by atoms with van der Waals surface area (Å²) in [7, 11) is 1.42. The van der Waals surface area contributed by atoms with E-state index in [1.54, 1.807) is 0 Å². The quantitative estimate of drug-likeness (QED) is 0.331. The highest BCUT2D eigenvalue weighted by Crippen LogP contribution is 2.03. The minimum atomic E-state index is -0.123. The summed E-state index contributed by atoms with van der Waals surface area (Å²) in [6.07, 6.45) is 6.04. The van der Waals surface area contributed by atoms with Gasteiger partial charge in [0.1, 0.15) is 0 Å². The maximum Gasteiger partial charge on any atom is 0.305 e. The zero-order chi connectivity index (χ0) is 9.94. The summed E-state index contributed by atoms with van der Waals surface area (Å²) in [5.41, 5.74) is 0. The van der Waals surface area contributed by atoms with Gasteiger partial charge < -0.3 is 9.47 Å². The molecule has 0 aliphatic rings. The number of unbranched alkanes of at least 4 members (excludes halogenated alkanes) is 3. The molecule has 76 valence electrons. The summed E-state index contributed by atoms with van der Waals surface area (Å²) < 4.78 is 9.47. The monoisotopic (exact) mass is 186 g/mol. The van der Waals surface area contributed by atoms with Crippen LogP contribution in [-0.4, -0.2) is 19.7 Å². The second kappa shape index (κ2) is 9.10. The van der Waals surface area contributed by atoms with E-state index in [1.165, 1.54) is 13.4 Å². The van der Waals surface area contributed by atoms with E-state index in [9.17, 15) is 4.79 Å². The molecule has 0 bridgehead atoms. The van der Waals surface area contributed by atoms with Gasteiger partial charge in [0.15, 0.2) is 0 Å². The van der Waals surface area contributed by atoms with Crippen molar-refractivity contribution in [3.63, 3.8) is 0 Å². The first-order valence-corrected chi connectivity index (χ1v) is 4.60.